The van der Waals surface area contributed by atoms with Crippen LogP contribution in [0.2, 0.25) is 0 Å². The number of hydrogen-bond acceptors (Lipinski definition) is 3. The van der Waals surface area contributed by atoms with Crippen LogP contribution in [0.25, 0.3) is 0 Å². The van der Waals surface area contributed by atoms with Crippen molar-refractivity contribution in [3.8, 4) is 0 Å². The molecular weight excluding hydrogens is 326 g/mol. The highest BCUT2D eigenvalue weighted by Gasteiger charge is 2.17. The number of hydrogen-bond donors (Lipinski definition) is 3. The Balaban J connectivity index is 0.00000288. The SMILES string of the molecule is Cl.N[C@@H](Cc1ccccc1)C(=O)NCCC(=O)NC1CCCCC1. The summed E-state index contributed by atoms with van der Waals surface area (Å²) in [6, 6.07) is 9.41. The maximum Gasteiger partial charge on any atom is 0.237 e. The van der Waals surface area contributed by atoms with Gasteiger partial charge in [-0.05, 0) is 24.8 Å². The van der Waals surface area contributed by atoms with Gasteiger partial charge in [-0.25, -0.2) is 0 Å². The Morgan fingerprint density at radius 3 is 2.46 bits per heavy atom. The quantitative estimate of drug-likeness (QED) is 0.700. The summed E-state index contributed by atoms with van der Waals surface area (Å²) in [5.41, 5.74) is 6.94. The number of amides is 2. The first-order valence-corrected chi connectivity index (χ1v) is 8.52. The van der Waals surface area contributed by atoms with Crippen molar-refractivity contribution in [3.63, 3.8) is 0 Å². The zero-order chi connectivity index (χ0) is 16.5. The zero-order valence-corrected chi connectivity index (χ0v) is 14.8. The average Bonchev–Trinajstić information content (AvgIpc) is 2.56. The van der Waals surface area contributed by atoms with Crippen LogP contribution in [-0.2, 0) is 16.0 Å². The van der Waals surface area contributed by atoms with Gasteiger partial charge in [-0.15, -0.1) is 12.4 Å². The van der Waals surface area contributed by atoms with E-state index in [0.717, 1.165) is 18.4 Å². The summed E-state index contributed by atoms with van der Waals surface area (Å²) in [6.45, 7) is 0.333. The third kappa shape index (κ3) is 7.32. The first-order chi connectivity index (χ1) is 11.1. The van der Waals surface area contributed by atoms with Crippen molar-refractivity contribution in [1.82, 2.24) is 10.6 Å². The van der Waals surface area contributed by atoms with E-state index in [-0.39, 0.29) is 24.2 Å². The second-order valence-corrected chi connectivity index (χ2v) is 6.24. The molecule has 1 aromatic carbocycles. The molecule has 24 heavy (non-hydrogen) atoms. The Labute approximate surface area is 150 Å². The lowest BCUT2D eigenvalue weighted by Crippen LogP contribution is -2.44. The Hall–Kier alpha value is -1.59. The second kappa shape index (κ2) is 11.0. The van der Waals surface area contributed by atoms with E-state index in [0.29, 0.717) is 25.4 Å². The number of nitrogens with two attached hydrogens (primary N) is 1. The molecule has 1 aliphatic rings. The van der Waals surface area contributed by atoms with Crippen LogP contribution in [-0.4, -0.2) is 30.4 Å². The second-order valence-electron chi connectivity index (χ2n) is 6.24. The van der Waals surface area contributed by atoms with Gasteiger partial charge in [0.25, 0.3) is 0 Å². The molecule has 4 N–H and O–H groups in total. The van der Waals surface area contributed by atoms with Crippen molar-refractivity contribution in [1.29, 1.82) is 0 Å². The Morgan fingerprint density at radius 1 is 1.12 bits per heavy atom. The van der Waals surface area contributed by atoms with E-state index in [2.05, 4.69) is 10.6 Å². The molecule has 134 valence electrons. The highest BCUT2D eigenvalue weighted by molar-refractivity contribution is 5.85. The van der Waals surface area contributed by atoms with Crippen LogP contribution in [0.3, 0.4) is 0 Å². The van der Waals surface area contributed by atoms with Crippen LogP contribution in [0, 0.1) is 0 Å². The van der Waals surface area contributed by atoms with Crippen LogP contribution in [0.15, 0.2) is 30.3 Å². The zero-order valence-electron chi connectivity index (χ0n) is 14.0. The van der Waals surface area contributed by atoms with Crippen molar-refractivity contribution in [2.45, 2.75) is 57.0 Å². The van der Waals surface area contributed by atoms with E-state index in [9.17, 15) is 9.59 Å². The molecule has 1 aromatic rings. The predicted molar refractivity (Wildman–Crippen MR) is 98.0 cm³/mol. The molecule has 0 aromatic heterocycles. The van der Waals surface area contributed by atoms with E-state index in [1.165, 1.54) is 19.3 Å². The van der Waals surface area contributed by atoms with Gasteiger partial charge in [-0.2, -0.15) is 0 Å². The summed E-state index contributed by atoms with van der Waals surface area (Å²) in [6.07, 6.45) is 6.59. The molecule has 1 saturated carbocycles. The van der Waals surface area contributed by atoms with Gasteiger partial charge < -0.3 is 16.4 Å². The molecule has 2 amide bonds. The maximum atomic E-state index is 12.0. The maximum absolute atomic E-state index is 12.0. The van der Waals surface area contributed by atoms with E-state index in [1.54, 1.807) is 0 Å². The highest BCUT2D eigenvalue weighted by atomic mass is 35.5. The van der Waals surface area contributed by atoms with Gasteiger partial charge in [0, 0.05) is 19.0 Å². The summed E-state index contributed by atoms with van der Waals surface area (Å²) in [5.74, 6) is -0.201. The monoisotopic (exact) mass is 353 g/mol. The largest absolute Gasteiger partial charge is 0.354 e. The minimum Gasteiger partial charge on any atom is -0.354 e. The first-order valence-electron chi connectivity index (χ1n) is 8.52. The van der Waals surface area contributed by atoms with Crippen LogP contribution >= 0.6 is 12.4 Å². The van der Waals surface area contributed by atoms with Gasteiger partial charge in [0.1, 0.15) is 0 Å². The van der Waals surface area contributed by atoms with Gasteiger partial charge in [0.2, 0.25) is 11.8 Å². The molecule has 1 fully saturated rings. The number of rotatable bonds is 7. The summed E-state index contributed by atoms with van der Waals surface area (Å²) in [7, 11) is 0. The van der Waals surface area contributed by atoms with Crippen molar-refractivity contribution in [2.75, 3.05) is 6.54 Å². The van der Waals surface area contributed by atoms with Gasteiger partial charge in [0.05, 0.1) is 6.04 Å². The molecule has 0 heterocycles. The van der Waals surface area contributed by atoms with E-state index >= 15 is 0 Å². The van der Waals surface area contributed by atoms with Gasteiger partial charge in [-0.3, -0.25) is 9.59 Å². The molecule has 6 heteroatoms. The fraction of sp³-hybridized carbons (Fsp3) is 0.556. The Morgan fingerprint density at radius 2 is 1.79 bits per heavy atom. The molecule has 0 unspecified atom stereocenters. The molecule has 0 saturated heterocycles. The smallest absolute Gasteiger partial charge is 0.237 e. The normalized spacial score (nSPS) is 15.9. The molecule has 1 atom stereocenters. The lowest BCUT2D eigenvalue weighted by molar-refractivity contribution is -0.123. The third-order valence-electron chi connectivity index (χ3n) is 4.26. The average molecular weight is 354 g/mol. The van der Waals surface area contributed by atoms with Gasteiger partial charge in [0.15, 0.2) is 0 Å². The van der Waals surface area contributed by atoms with Crippen LogP contribution in [0.5, 0.6) is 0 Å². The van der Waals surface area contributed by atoms with Crippen molar-refractivity contribution in [2.24, 2.45) is 5.73 Å². The fourth-order valence-electron chi connectivity index (χ4n) is 2.94. The van der Waals surface area contributed by atoms with Crippen molar-refractivity contribution in [3.05, 3.63) is 35.9 Å². The molecule has 2 rings (SSSR count). The number of halogens is 1. The standard InChI is InChI=1S/C18H27N3O2.ClH/c19-16(13-14-7-3-1-4-8-14)18(23)20-12-11-17(22)21-15-9-5-2-6-10-15;/h1,3-4,7-8,15-16H,2,5-6,9-13,19H2,(H,20,23)(H,21,22);1H/t16-;/m0./s1. The molecule has 0 spiro atoms. The molecule has 0 bridgehead atoms. The number of carbonyl (C=O) groups excluding carboxylic acids is 2. The molecule has 1 aliphatic carbocycles. The lowest BCUT2D eigenvalue weighted by Gasteiger charge is -2.22. The number of benzene rings is 1. The van der Waals surface area contributed by atoms with E-state index in [1.807, 2.05) is 30.3 Å². The van der Waals surface area contributed by atoms with Crippen LogP contribution < -0.4 is 16.4 Å². The first kappa shape index (κ1) is 20.5. The van der Waals surface area contributed by atoms with Crippen molar-refractivity contribution < 1.29 is 9.59 Å². The highest BCUT2D eigenvalue weighted by Crippen LogP contribution is 2.17. The molecule has 0 radical (unpaired) electrons. The third-order valence-corrected chi connectivity index (χ3v) is 4.26. The molecular formula is C18H28ClN3O2. The van der Waals surface area contributed by atoms with Gasteiger partial charge >= 0.3 is 0 Å². The van der Waals surface area contributed by atoms with Gasteiger partial charge in [-0.1, -0.05) is 49.6 Å². The topological polar surface area (TPSA) is 84.2 Å². The van der Waals surface area contributed by atoms with E-state index in [4.69, 9.17) is 5.73 Å². The minimum atomic E-state index is -0.584. The minimum absolute atomic E-state index is 0. The summed E-state index contributed by atoms with van der Waals surface area (Å²) < 4.78 is 0. The molecule has 5 nitrogen and oxygen atoms in total. The summed E-state index contributed by atoms with van der Waals surface area (Å²) >= 11 is 0. The van der Waals surface area contributed by atoms with Crippen molar-refractivity contribution >= 4 is 24.2 Å². The fourth-order valence-corrected chi connectivity index (χ4v) is 2.94. The summed E-state index contributed by atoms with van der Waals surface area (Å²) in [4.78, 5) is 23.8. The predicted octanol–water partition coefficient (Wildman–Crippen LogP) is 1.93. The van der Waals surface area contributed by atoms with Crippen LogP contribution in [0.1, 0.15) is 44.1 Å². The Kier molecular flexibility index (Phi) is 9.42. The Bertz CT molecular complexity index is 504. The number of carbonyl (C=O) groups is 2. The lowest BCUT2D eigenvalue weighted by atomic mass is 9.95. The van der Waals surface area contributed by atoms with Crippen LogP contribution in [0.4, 0.5) is 0 Å². The number of nitrogens with one attached hydrogen (secondary N) is 2. The van der Waals surface area contributed by atoms with E-state index < -0.39 is 6.04 Å². The summed E-state index contributed by atoms with van der Waals surface area (Å²) in [5, 5.41) is 5.79. The molecule has 0 aliphatic heterocycles.